The van der Waals surface area contributed by atoms with Crippen LogP contribution in [0.3, 0.4) is 0 Å². The molecule has 0 atom stereocenters. The number of aromatic nitrogens is 1. The first-order valence-electron chi connectivity index (χ1n) is 7.07. The van der Waals surface area contributed by atoms with Gasteiger partial charge in [-0.05, 0) is 32.4 Å². The molecule has 124 valence electrons. The topological polar surface area (TPSA) is 61.3 Å². The van der Waals surface area contributed by atoms with Crippen molar-refractivity contribution in [2.24, 2.45) is 4.99 Å². The number of guanidine groups is 1. The lowest BCUT2D eigenvalue weighted by atomic mass is 10.3. The van der Waals surface area contributed by atoms with Gasteiger partial charge in [0.1, 0.15) is 5.82 Å². The van der Waals surface area contributed by atoms with Crippen molar-refractivity contribution in [1.29, 1.82) is 0 Å². The van der Waals surface area contributed by atoms with Crippen LogP contribution in [0.1, 0.15) is 25.8 Å². The summed E-state index contributed by atoms with van der Waals surface area (Å²) in [6.45, 7) is 5.33. The van der Waals surface area contributed by atoms with Gasteiger partial charge in [-0.1, -0.05) is 0 Å². The Kier molecular flexibility index (Phi) is 6.94. The van der Waals surface area contributed by atoms with Gasteiger partial charge in [-0.25, -0.2) is 4.98 Å². The molecule has 1 heterocycles. The van der Waals surface area contributed by atoms with Crippen LogP contribution in [0.25, 0.3) is 0 Å². The summed E-state index contributed by atoms with van der Waals surface area (Å²) in [5.41, 5.74) is -0.747. The fourth-order valence-electron chi connectivity index (χ4n) is 1.65. The number of alkyl halides is 3. The number of nitrogens with one attached hydrogen (secondary N) is 3. The van der Waals surface area contributed by atoms with Crippen molar-refractivity contribution >= 4 is 11.8 Å². The van der Waals surface area contributed by atoms with Crippen LogP contribution < -0.4 is 16.0 Å². The molecule has 0 radical (unpaired) electrons. The van der Waals surface area contributed by atoms with E-state index in [1.807, 2.05) is 13.8 Å². The van der Waals surface area contributed by atoms with Gasteiger partial charge in [0.15, 0.2) is 5.96 Å². The number of rotatable bonds is 6. The van der Waals surface area contributed by atoms with Crippen molar-refractivity contribution in [1.82, 2.24) is 15.6 Å². The molecule has 0 aliphatic carbocycles. The van der Waals surface area contributed by atoms with E-state index in [1.165, 1.54) is 6.07 Å². The third-order valence-electron chi connectivity index (χ3n) is 2.69. The van der Waals surface area contributed by atoms with Gasteiger partial charge in [-0.3, -0.25) is 4.99 Å². The Labute approximate surface area is 128 Å². The third-order valence-corrected chi connectivity index (χ3v) is 2.69. The molecule has 1 rings (SSSR count). The summed E-state index contributed by atoms with van der Waals surface area (Å²) in [6.07, 6.45) is -2.74. The molecule has 22 heavy (non-hydrogen) atoms. The molecule has 0 bridgehead atoms. The number of nitrogens with zero attached hydrogens (tertiary/aromatic N) is 2. The van der Waals surface area contributed by atoms with Crippen molar-refractivity contribution in [3.8, 4) is 0 Å². The number of anilines is 1. The van der Waals surface area contributed by atoms with E-state index in [9.17, 15) is 13.2 Å². The zero-order chi connectivity index (χ0) is 16.6. The van der Waals surface area contributed by atoms with Gasteiger partial charge in [0, 0.05) is 32.4 Å². The third kappa shape index (κ3) is 6.64. The Hall–Kier alpha value is -1.99. The Morgan fingerprint density at radius 2 is 2.00 bits per heavy atom. The molecule has 8 heteroatoms. The van der Waals surface area contributed by atoms with E-state index < -0.39 is 11.7 Å². The summed E-state index contributed by atoms with van der Waals surface area (Å²) in [5, 5.41) is 9.28. The first-order chi connectivity index (χ1) is 10.3. The van der Waals surface area contributed by atoms with Crippen LogP contribution in [-0.4, -0.2) is 37.1 Å². The largest absolute Gasteiger partial charge is 0.417 e. The average molecular weight is 317 g/mol. The lowest BCUT2D eigenvalue weighted by Gasteiger charge is -2.14. The molecule has 0 unspecified atom stereocenters. The minimum atomic E-state index is -4.35. The molecule has 5 nitrogen and oxygen atoms in total. The fraction of sp³-hybridized carbons (Fsp3) is 0.571. The molecule has 0 saturated heterocycles. The maximum Gasteiger partial charge on any atom is 0.417 e. The number of halogens is 3. The van der Waals surface area contributed by atoms with E-state index >= 15 is 0 Å². The van der Waals surface area contributed by atoms with Crippen molar-refractivity contribution < 1.29 is 13.2 Å². The van der Waals surface area contributed by atoms with Crippen molar-refractivity contribution in [3.05, 3.63) is 23.9 Å². The maximum atomic E-state index is 12.4. The Balaban J connectivity index is 2.27. The van der Waals surface area contributed by atoms with E-state index in [0.717, 1.165) is 24.6 Å². The van der Waals surface area contributed by atoms with Crippen LogP contribution >= 0.6 is 0 Å². The molecule has 3 N–H and O–H groups in total. The predicted octanol–water partition coefficient (Wildman–Crippen LogP) is 2.48. The van der Waals surface area contributed by atoms with Gasteiger partial charge in [-0.2, -0.15) is 13.2 Å². The highest BCUT2D eigenvalue weighted by Crippen LogP contribution is 2.28. The molecule has 0 aliphatic rings. The summed E-state index contributed by atoms with van der Waals surface area (Å²) in [4.78, 5) is 7.82. The highest BCUT2D eigenvalue weighted by Gasteiger charge is 2.30. The Bertz CT molecular complexity index is 468. The summed E-state index contributed by atoms with van der Waals surface area (Å²) in [7, 11) is 1.70. The average Bonchev–Trinajstić information content (AvgIpc) is 2.44. The van der Waals surface area contributed by atoms with Crippen molar-refractivity contribution in [3.63, 3.8) is 0 Å². The summed E-state index contributed by atoms with van der Waals surface area (Å²) < 4.78 is 37.2. The summed E-state index contributed by atoms with van der Waals surface area (Å²) in [5.74, 6) is 1.15. The van der Waals surface area contributed by atoms with Crippen LogP contribution in [0.4, 0.5) is 19.0 Å². The van der Waals surface area contributed by atoms with Crippen LogP contribution in [0.15, 0.2) is 23.3 Å². The van der Waals surface area contributed by atoms with Crippen LogP contribution in [0.2, 0.25) is 0 Å². The molecule has 1 aromatic rings. The van der Waals surface area contributed by atoms with E-state index in [1.54, 1.807) is 7.05 Å². The molecule has 0 amide bonds. The Morgan fingerprint density at radius 3 is 2.50 bits per heavy atom. The fourth-order valence-corrected chi connectivity index (χ4v) is 1.65. The smallest absolute Gasteiger partial charge is 0.370 e. The number of pyridine rings is 1. The van der Waals surface area contributed by atoms with Crippen molar-refractivity contribution in [2.45, 2.75) is 32.5 Å². The van der Waals surface area contributed by atoms with Gasteiger partial charge in [-0.15, -0.1) is 0 Å². The standard InChI is InChI=1S/C14H22F3N5/c1-10(2)22-13(18-3)20-8-4-7-19-12-6-5-11(9-21-12)14(15,16)17/h5-6,9-10H,4,7-8H2,1-3H3,(H,19,21)(H2,18,20,22). The lowest BCUT2D eigenvalue weighted by molar-refractivity contribution is -0.137. The molecule has 0 aromatic carbocycles. The second-order valence-electron chi connectivity index (χ2n) is 5.01. The lowest BCUT2D eigenvalue weighted by Crippen LogP contribution is -2.41. The van der Waals surface area contributed by atoms with E-state index in [2.05, 4.69) is 25.9 Å². The monoisotopic (exact) mass is 317 g/mol. The van der Waals surface area contributed by atoms with E-state index in [0.29, 0.717) is 24.9 Å². The van der Waals surface area contributed by atoms with Gasteiger partial charge in [0.2, 0.25) is 0 Å². The van der Waals surface area contributed by atoms with Crippen LogP contribution in [0, 0.1) is 0 Å². The zero-order valence-corrected chi connectivity index (χ0v) is 13.0. The van der Waals surface area contributed by atoms with Gasteiger partial charge >= 0.3 is 6.18 Å². The second kappa shape index (κ2) is 8.45. The highest BCUT2D eigenvalue weighted by molar-refractivity contribution is 5.79. The van der Waals surface area contributed by atoms with Gasteiger partial charge in [0.05, 0.1) is 5.56 Å². The molecule has 1 aromatic heterocycles. The summed E-state index contributed by atoms with van der Waals surface area (Å²) >= 11 is 0. The molecule has 0 fully saturated rings. The van der Waals surface area contributed by atoms with E-state index in [-0.39, 0.29) is 0 Å². The predicted molar refractivity (Wildman–Crippen MR) is 82.0 cm³/mol. The number of hydrogen-bond donors (Lipinski definition) is 3. The van der Waals surface area contributed by atoms with E-state index in [4.69, 9.17) is 0 Å². The van der Waals surface area contributed by atoms with Crippen molar-refractivity contribution in [2.75, 3.05) is 25.5 Å². The normalized spacial score (nSPS) is 12.4. The van der Waals surface area contributed by atoms with Crippen LogP contribution in [0.5, 0.6) is 0 Å². The summed E-state index contributed by atoms with van der Waals surface area (Å²) in [6, 6.07) is 2.64. The SMILES string of the molecule is CN=C(NCCCNc1ccc(C(F)(F)F)cn1)NC(C)C. The minimum absolute atomic E-state index is 0.292. The zero-order valence-electron chi connectivity index (χ0n) is 13.0. The number of aliphatic imine (C=N–C) groups is 1. The molecule has 0 saturated carbocycles. The quantitative estimate of drug-likeness (QED) is 0.428. The van der Waals surface area contributed by atoms with Gasteiger partial charge < -0.3 is 16.0 Å². The maximum absolute atomic E-state index is 12.4. The highest BCUT2D eigenvalue weighted by atomic mass is 19.4. The second-order valence-corrected chi connectivity index (χ2v) is 5.01. The molecular weight excluding hydrogens is 295 g/mol. The number of hydrogen-bond acceptors (Lipinski definition) is 3. The van der Waals surface area contributed by atoms with Crippen LogP contribution in [-0.2, 0) is 6.18 Å². The van der Waals surface area contributed by atoms with Gasteiger partial charge in [0.25, 0.3) is 0 Å². The molecular formula is C14H22F3N5. The first kappa shape index (κ1) is 18.1. The first-order valence-corrected chi connectivity index (χ1v) is 7.07. The Morgan fingerprint density at radius 1 is 1.27 bits per heavy atom. The molecule has 0 spiro atoms. The minimum Gasteiger partial charge on any atom is -0.370 e. The molecule has 0 aliphatic heterocycles.